The number of hydrogen-bond donors (Lipinski definition) is 1. The normalized spacial score (nSPS) is 10.5. The maximum atomic E-state index is 12.2. The summed E-state index contributed by atoms with van der Waals surface area (Å²) in [5.74, 6) is -5.29. The topological polar surface area (TPSA) is 112 Å². The number of alkyl halides is 2. The number of thioether (sulfide) groups is 1. The van der Waals surface area contributed by atoms with Crippen LogP contribution in [0.3, 0.4) is 0 Å². The number of carbonyl (C=O) groups excluding carboxylic acids is 2. The van der Waals surface area contributed by atoms with Crippen molar-refractivity contribution < 1.29 is 32.4 Å². The van der Waals surface area contributed by atoms with Crippen LogP contribution in [-0.4, -0.2) is 29.2 Å². The van der Waals surface area contributed by atoms with Crippen LogP contribution < -0.4 is 5.32 Å². The second-order valence-corrected chi connectivity index (χ2v) is 5.49. The summed E-state index contributed by atoms with van der Waals surface area (Å²) in [5, 5.41) is 12.8. The van der Waals surface area contributed by atoms with Crippen molar-refractivity contribution in [3.63, 3.8) is 0 Å². The third-order valence-electron chi connectivity index (χ3n) is 2.67. The molecule has 1 heterocycles. The van der Waals surface area contributed by atoms with Crippen molar-refractivity contribution in [2.75, 3.05) is 11.9 Å². The molecule has 1 aromatic heterocycles. The van der Waals surface area contributed by atoms with E-state index in [2.05, 4.69) is 14.5 Å². The van der Waals surface area contributed by atoms with Gasteiger partial charge in [-0.05, 0) is 30.3 Å². The number of rotatable bonds is 7. The molecule has 0 bridgehead atoms. The van der Waals surface area contributed by atoms with Crippen LogP contribution in [0.1, 0.15) is 10.6 Å². The Labute approximate surface area is 143 Å². The van der Waals surface area contributed by atoms with Gasteiger partial charge in [0, 0.05) is 10.6 Å². The molecular formula is C14H10F2N2O6S. The summed E-state index contributed by atoms with van der Waals surface area (Å²) >= 11 is 0.368. The number of carbonyl (C=O) groups is 2. The summed E-state index contributed by atoms with van der Waals surface area (Å²) in [4.78, 5) is 33.2. The molecule has 0 saturated heterocycles. The van der Waals surface area contributed by atoms with Crippen molar-refractivity contribution in [1.82, 2.24) is 0 Å². The van der Waals surface area contributed by atoms with Crippen LogP contribution in [0.25, 0.3) is 0 Å². The molecule has 11 heteroatoms. The standard InChI is InChI=1S/C14H10F2N2O6S/c15-14(16)25-9-3-1-8(2-4-9)17-11(19)7-23-13(20)10-5-6-12(24-10)18(21)22/h1-6,14H,7H2,(H,17,19). The highest BCUT2D eigenvalue weighted by Crippen LogP contribution is 2.26. The summed E-state index contributed by atoms with van der Waals surface area (Å²) in [6, 6.07) is 7.68. The Morgan fingerprint density at radius 1 is 1.24 bits per heavy atom. The predicted molar refractivity (Wildman–Crippen MR) is 82.6 cm³/mol. The van der Waals surface area contributed by atoms with E-state index in [0.717, 1.165) is 12.1 Å². The molecule has 2 aromatic rings. The number of hydrogen-bond acceptors (Lipinski definition) is 7. The fourth-order valence-corrected chi connectivity index (χ4v) is 2.15. The minimum Gasteiger partial charge on any atom is -0.450 e. The SMILES string of the molecule is O=C(COC(=O)c1ccc([N+](=O)[O-])o1)Nc1ccc(SC(F)F)cc1. The first-order valence-electron chi connectivity index (χ1n) is 6.61. The molecule has 0 saturated carbocycles. The highest BCUT2D eigenvalue weighted by atomic mass is 32.2. The largest absolute Gasteiger partial charge is 0.450 e. The van der Waals surface area contributed by atoms with E-state index in [1.807, 2.05) is 0 Å². The van der Waals surface area contributed by atoms with E-state index in [0.29, 0.717) is 22.3 Å². The summed E-state index contributed by atoms with van der Waals surface area (Å²) in [5.41, 5.74) is 0.327. The minimum absolute atomic E-state index is 0.327. The molecule has 132 valence electrons. The molecule has 2 rings (SSSR count). The number of anilines is 1. The van der Waals surface area contributed by atoms with E-state index >= 15 is 0 Å². The summed E-state index contributed by atoms with van der Waals surface area (Å²) in [6.07, 6.45) is 0. The maximum absolute atomic E-state index is 12.2. The van der Waals surface area contributed by atoms with E-state index in [1.165, 1.54) is 24.3 Å². The number of amides is 1. The van der Waals surface area contributed by atoms with Gasteiger partial charge >= 0.3 is 11.9 Å². The molecule has 0 radical (unpaired) electrons. The smallest absolute Gasteiger partial charge is 0.433 e. The minimum atomic E-state index is -2.54. The van der Waals surface area contributed by atoms with Crippen LogP contribution in [-0.2, 0) is 9.53 Å². The lowest BCUT2D eigenvalue weighted by atomic mass is 10.3. The first-order chi connectivity index (χ1) is 11.8. The quantitative estimate of drug-likeness (QED) is 0.343. The number of nitro groups is 1. The van der Waals surface area contributed by atoms with Gasteiger partial charge in [0.15, 0.2) is 6.61 Å². The van der Waals surface area contributed by atoms with Crippen LogP contribution in [0.5, 0.6) is 0 Å². The molecule has 1 aromatic carbocycles. The molecule has 1 N–H and O–H groups in total. The van der Waals surface area contributed by atoms with E-state index in [-0.39, 0.29) is 0 Å². The average Bonchev–Trinajstić information content (AvgIpc) is 3.04. The zero-order valence-corrected chi connectivity index (χ0v) is 13.1. The zero-order chi connectivity index (χ0) is 18.4. The molecule has 1 amide bonds. The Morgan fingerprint density at radius 2 is 1.92 bits per heavy atom. The third kappa shape index (κ3) is 5.57. The van der Waals surface area contributed by atoms with Crippen molar-refractivity contribution in [2.45, 2.75) is 10.7 Å². The Kier molecular flexibility index (Phi) is 6.06. The van der Waals surface area contributed by atoms with Gasteiger partial charge in [-0.25, -0.2) is 4.79 Å². The Hall–Kier alpha value is -2.95. The van der Waals surface area contributed by atoms with E-state index in [9.17, 15) is 28.5 Å². The van der Waals surface area contributed by atoms with Crippen LogP contribution in [0.15, 0.2) is 45.7 Å². The predicted octanol–water partition coefficient (Wildman–Crippen LogP) is 3.30. The van der Waals surface area contributed by atoms with E-state index < -0.39 is 40.8 Å². The summed E-state index contributed by atoms with van der Waals surface area (Å²) in [6.45, 7) is -0.652. The Morgan fingerprint density at radius 3 is 2.48 bits per heavy atom. The molecule has 0 aliphatic heterocycles. The highest BCUT2D eigenvalue weighted by molar-refractivity contribution is 7.99. The summed E-state index contributed by atoms with van der Waals surface area (Å²) in [7, 11) is 0. The summed E-state index contributed by atoms with van der Waals surface area (Å²) < 4.78 is 33.7. The molecule has 0 aliphatic carbocycles. The van der Waals surface area contributed by atoms with Crippen molar-refractivity contribution >= 4 is 35.2 Å². The first kappa shape index (κ1) is 18.4. The van der Waals surface area contributed by atoms with Gasteiger partial charge < -0.3 is 14.5 Å². The van der Waals surface area contributed by atoms with Crippen LogP contribution >= 0.6 is 11.8 Å². The third-order valence-corrected chi connectivity index (χ3v) is 3.39. The molecule has 0 unspecified atom stereocenters. The number of esters is 1. The van der Waals surface area contributed by atoms with Gasteiger partial charge in [-0.3, -0.25) is 14.9 Å². The lowest BCUT2D eigenvalue weighted by molar-refractivity contribution is -0.402. The van der Waals surface area contributed by atoms with Crippen molar-refractivity contribution in [1.29, 1.82) is 0 Å². The Balaban J connectivity index is 1.83. The highest BCUT2D eigenvalue weighted by Gasteiger charge is 2.19. The molecule has 0 fully saturated rings. The first-order valence-corrected chi connectivity index (χ1v) is 7.49. The monoisotopic (exact) mass is 372 g/mol. The van der Waals surface area contributed by atoms with Gasteiger partial charge in [0.1, 0.15) is 4.92 Å². The molecule has 0 aliphatic rings. The fraction of sp³-hybridized carbons (Fsp3) is 0.143. The van der Waals surface area contributed by atoms with Crippen molar-refractivity contribution in [3.05, 3.63) is 52.3 Å². The molecule has 25 heavy (non-hydrogen) atoms. The van der Waals surface area contributed by atoms with Crippen LogP contribution in [0.4, 0.5) is 20.4 Å². The van der Waals surface area contributed by atoms with E-state index in [1.54, 1.807) is 0 Å². The molecular weight excluding hydrogens is 362 g/mol. The second kappa shape index (κ2) is 8.24. The number of ether oxygens (including phenoxy) is 1. The molecule has 8 nitrogen and oxygen atoms in total. The number of halogens is 2. The van der Waals surface area contributed by atoms with Gasteiger partial charge in [0.05, 0.1) is 6.07 Å². The number of nitrogens with zero attached hydrogens (tertiary/aromatic N) is 1. The average molecular weight is 372 g/mol. The number of nitrogens with one attached hydrogen (secondary N) is 1. The van der Waals surface area contributed by atoms with Crippen LogP contribution in [0.2, 0.25) is 0 Å². The van der Waals surface area contributed by atoms with Crippen molar-refractivity contribution in [2.24, 2.45) is 0 Å². The van der Waals surface area contributed by atoms with E-state index in [4.69, 9.17) is 0 Å². The zero-order valence-electron chi connectivity index (χ0n) is 12.3. The second-order valence-electron chi connectivity index (χ2n) is 4.42. The molecule has 0 atom stereocenters. The van der Waals surface area contributed by atoms with Gasteiger partial charge in [-0.2, -0.15) is 8.78 Å². The number of benzene rings is 1. The lowest BCUT2D eigenvalue weighted by Gasteiger charge is -2.06. The van der Waals surface area contributed by atoms with Gasteiger partial charge in [-0.15, -0.1) is 0 Å². The lowest BCUT2D eigenvalue weighted by Crippen LogP contribution is -2.20. The maximum Gasteiger partial charge on any atom is 0.433 e. The molecule has 0 spiro atoms. The van der Waals surface area contributed by atoms with Gasteiger partial charge in [0.2, 0.25) is 5.76 Å². The van der Waals surface area contributed by atoms with Crippen molar-refractivity contribution in [3.8, 4) is 0 Å². The number of furan rings is 1. The van der Waals surface area contributed by atoms with Gasteiger partial charge in [-0.1, -0.05) is 11.8 Å². The fourth-order valence-electron chi connectivity index (χ4n) is 1.65. The van der Waals surface area contributed by atoms with Gasteiger partial charge in [0.25, 0.3) is 11.7 Å². The Bertz CT molecular complexity index is 778. The van der Waals surface area contributed by atoms with Crippen LogP contribution in [0, 0.1) is 10.1 Å².